The number of nitrogens with zero attached hydrogens (tertiary/aromatic N) is 3. The number of pyridine rings is 1. The molecule has 3 aromatic rings. The summed E-state index contributed by atoms with van der Waals surface area (Å²) in [5.41, 5.74) is -0.354. The van der Waals surface area contributed by atoms with Gasteiger partial charge in [-0.2, -0.15) is 31.3 Å². The summed E-state index contributed by atoms with van der Waals surface area (Å²) in [6, 6.07) is 6.24. The fourth-order valence-corrected chi connectivity index (χ4v) is 5.46. The molecule has 1 amide bonds. The Balaban J connectivity index is 1.56. The highest BCUT2D eigenvalue weighted by atomic mass is 32.2. The van der Waals surface area contributed by atoms with E-state index < -0.39 is 51.5 Å². The van der Waals surface area contributed by atoms with Crippen molar-refractivity contribution in [2.24, 2.45) is 5.92 Å². The summed E-state index contributed by atoms with van der Waals surface area (Å²) in [7, 11) is -3.23. The molecule has 204 valence electrons. The highest BCUT2D eigenvalue weighted by molar-refractivity contribution is 7.91. The van der Waals surface area contributed by atoms with Gasteiger partial charge in [0.15, 0.2) is 0 Å². The van der Waals surface area contributed by atoms with Gasteiger partial charge in [0.2, 0.25) is 11.7 Å². The summed E-state index contributed by atoms with van der Waals surface area (Å²) < 4.78 is 106. The van der Waals surface area contributed by atoms with Crippen LogP contribution in [0.5, 0.6) is 0 Å². The van der Waals surface area contributed by atoms with Gasteiger partial charge in [-0.15, -0.1) is 0 Å². The number of hydrogen-bond acceptors (Lipinski definition) is 7. The zero-order chi connectivity index (χ0) is 27.7. The van der Waals surface area contributed by atoms with Crippen molar-refractivity contribution < 1.29 is 44.1 Å². The Morgan fingerprint density at radius 2 is 1.76 bits per heavy atom. The molecule has 1 aliphatic heterocycles. The van der Waals surface area contributed by atoms with Crippen LogP contribution in [0.15, 0.2) is 47.1 Å². The summed E-state index contributed by atoms with van der Waals surface area (Å²) in [5, 5.41) is 5.99. The third kappa shape index (κ3) is 6.68. The Morgan fingerprint density at radius 1 is 1.05 bits per heavy atom. The molecule has 1 aliphatic rings. The average Bonchev–Trinajstić information content (AvgIpc) is 3.35. The van der Waals surface area contributed by atoms with E-state index in [1.807, 2.05) is 0 Å². The number of aromatic nitrogens is 3. The van der Waals surface area contributed by atoms with Crippen LogP contribution in [0.2, 0.25) is 0 Å². The van der Waals surface area contributed by atoms with Gasteiger partial charge in [0.05, 0.1) is 23.1 Å². The molecule has 0 saturated carbocycles. The number of rotatable bonds is 6. The highest BCUT2D eigenvalue weighted by Crippen LogP contribution is 2.32. The lowest BCUT2D eigenvalue weighted by atomic mass is 9.96. The van der Waals surface area contributed by atoms with E-state index in [4.69, 9.17) is 0 Å². The predicted molar refractivity (Wildman–Crippen MR) is 120 cm³/mol. The molecule has 1 N–H and O–H groups in total. The van der Waals surface area contributed by atoms with Gasteiger partial charge in [-0.05, 0) is 42.7 Å². The number of halogens is 6. The fourth-order valence-electron chi connectivity index (χ4n) is 3.97. The number of carbonyl (C=O) groups excluding carboxylic acids is 1. The van der Waals surface area contributed by atoms with Crippen molar-refractivity contribution in [3.05, 3.63) is 65.3 Å². The molecule has 1 atom stereocenters. The number of alkyl halides is 6. The Labute approximate surface area is 212 Å². The molecule has 3 heterocycles. The van der Waals surface area contributed by atoms with Gasteiger partial charge >= 0.3 is 18.2 Å². The zero-order valence-corrected chi connectivity index (χ0v) is 20.2. The van der Waals surface area contributed by atoms with Gasteiger partial charge in [-0.3, -0.25) is 9.78 Å². The number of hydrogen-bond donors (Lipinski definition) is 1. The van der Waals surface area contributed by atoms with E-state index in [1.54, 1.807) is 0 Å². The number of benzene rings is 1. The van der Waals surface area contributed by atoms with E-state index in [0.717, 1.165) is 12.1 Å². The Hall–Kier alpha value is -3.49. The molecule has 4 rings (SSSR count). The van der Waals surface area contributed by atoms with Gasteiger partial charge in [-0.1, -0.05) is 17.3 Å². The van der Waals surface area contributed by atoms with Crippen molar-refractivity contribution >= 4 is 15.7 Å². The Kier molecular flexibility index (Phi) is 7.50. The number of amides is 1. The normalized spacial score (nSPS) is 17.2. The van der Waals surface area contributed by atoms with Crippen molar-refractivity contribution in [1.29, 1.82) is 0 Å². The first-order valence-electron chi connectivity index (χ1n) is 11.3. The molecular weight excluding hydrogens is 542 g/mol. The molecule has 2 aromatic heterocycles. The fraction of sp³-hybridized carbons (Fsp3) is 0.391. The zero-order valence-electron chi connectivity index (χ0n) is 19.4. The summed E-state index contributed by atoms with van der Waals surface area (Å²) >= 11 is 0. The summed E-state index contributed by atoms with van der Waals surface area (Å²) in [4.78, 5) is 20.3. The van der Waals surface area contributed by atoms with Crippen molar-refractivity contribution in [3.8, 4) is 11.4 Å². The van der Waals surface area contributed by atoms with Crippen LogP contribution in [0.3, 0.4) is 0 Å². The van der Waals surface area contributed by atoms with Crippen LogP contribution in [0.4, 0.5) is 26.3 Å². The maximum absolute atomic E-state index is 13.3. The summed E-state index contributed by atoms with van der Waals surface area (Å²) in [5.74, 6) is -3.32. The van der Waals surface area contributed by atoms with Crippen molar-refractivity contribution in [3.63, 3.8) is 0 Å². The minimum absolute atomic E-state index is 0.0571. The SMILES string of the molecule is O=C(NC(Cc1ccc(-c2noc(C(F)(F)F)n2)cn1)c1cccc(C(F)(F)F)c1)C1CCS(=O)(=O)CC1. The van der Waals surface area contributed by atoms with Gasteiger partial charge in [-0.25, -0.2) is 8.42 Å². The second kappa shape index (κ2) is 10.3. The Bertz CT molecular complexity index is 1390. The lowest BCUT2D eigenvalue weighted by molar-refractivity contribution is -0.159. The third-order valence-corrected chi connectivity index (χ3v) is 7.74. The topological polar surface area (TPSA) is 115 Å². The van der Waals surface area contributed by atoms with Crippen molar-refractivity contribution in [1.82, 2.24) is 20.4 Å². The first-order valence-corrected chi connectivity index (χ1v) is 13.1. The molecule has 1 fully saturated rings. The van der Waals surface area contributed by atoms with Gasteiger partial charge in [0.1, 0.15) is 9.84 Å². The van der Waals surface area contributed by atoms with Gasteiger partial charge < -0.3 is 9.84 Å². The van der Waals surface area contributed by atoms with Gasteiger partial charge in [0.25, 0.3) is 0 Å². The molecule has 8 nitrogen and oxygen atoms in total. The molecule has 1 unspecified atom stereocenters. The second-order valence-electron chi connectivity index (χ2n) is 8.77. The van der Waals surface area contributed by atoms with Crippen LogP contribution in [0, 0.1) is 5.92 Å². The summed E-state index contributed by atoms with van der Waals surface area (Å²) in [6.07, 6.45) is -8.13. The minimum atomic E-state index is -4.82. The summed E-state index contributed by atoms with van der Waals surface area (Å²) in [6.45, 7) is 0. The largest absolute Gasteiger partial charge is 0.471 e. The molecule has 38 heavy (non-hydrogen) atoms. The van der Waals surface area contributed by atoms with Crippen LogP contribution in [-0.4, -0.2) is 41.0 Å². The molecule has 0 radical (unpaired) electrons. The molecular formula is C23H20F6N4O4S. The van der Waals surface area contributed by atoms with E-state index in [2.05, 4.69) is 25.0 Å². The molecule has 0 spiro atoms. The van der Waals surface area contributed by atoms with Crippen LogP contribution < -0.4 is 5.32 Å². The van der Waals surface area contributed by atoms with Gasteiger partial charge in [0, 0.05) is 29.8 Å². The van der Waals surface area contributed by atoms with Crippen LogP contribution in [0.1, 0.15) is 41.6 Å². The van der Waals surface area contributed by atoms with E-state index in [-0.39, 0.29) is 47.7 Å². The van der Waals surface area contributed by atoms with Crippen LogP contribution in [-0.2, 0) is 33.4 Å². The van der Waals surface area contributed by atoms with Crippen molar-refractivity contribution in [2.75, 3.05) is 11.5 Å². The third-order valence-electron chi connectivity index (χ3n) is 6.02. The smallest absolute Gasteiger partial charge is 0.349 e. The Morgan fingerprint density at radius 3 is 2.34 bits per heavy atom. The lowest BCUT2D eigenvalue weighted by Gasteiger charge is -2.25. The molecule has 0 aliphatic carbocycles. The van der Waals surface area contributed by atoms with Crippen LogP contribution >= 0.6 is 0 Å². The predicted octanol–water partition coefficient (Wildman–Crippen LogP) is 4.39. The lowest BCUT2D eigenvalue weighted by Crippen LogP contribution is -2.39. The maximum atomic E-state index is 13.3. The van der Waals surface area contributed by atoms with E-state index in [0.29, 0.717) is 5.69 Å². The van der Waals surface area contributed by atoms with E-state index in [1.165, 1.54) is 30.5 Å². The number of nitrogens with one attached hydrogen (secondary N) is 1. The second-order valence-corrected chi connectivity index (χ2v) is 11.1. The first-order chi connectivity index (χ1) is 17.7. The number of carbonyl (C=O) groups is 1. The highest BCUT2D eigenvalue weighted by Gasteiger charge is 2.38. The quantitative estimate of drug-likeness (QED) is 0.443. The molecule has 1 saturated heterocycles. The minimum Gasteiger partial charge on any atom is -0.349 e. The molecule has 15 heteroatoms. The number of sulfone groups is 1. The van der Waals surface area contributed by atoms with Crippen LogP contribution in [0.25, 0.3) is 11.4 Å². The van der Waals surface area contributed by atoms with Crippen molar-refractivity contribution in [2.45, 2.75) is 37.7 Å². The maximum Gasteiger partial charge on any atom is 0.471 e. The average molecular weight is 562 g/mol. The molecule has 1 aromatic carbocycles. The standard InChI is InChI=1S/C23H20F6N4O4S/c24-22(25,26)16-3-1-2-14(10-16)18(31-20(34)13-6-8-38(35,36)9-7-13)11-17-5-4-15(12-30-17)19-32-21(37-33-19)23(27,28)29/h1-5,10,12-13,18H,6-9,11H2,(H,31,34). The first kappa shape index (κ1) is 27.5. The van der Waals surface area contributed by atoms with E-state index >= 15 is 0 Å². The molecule has 0 bridgehead atoms. The van der Waals surface area contributed by atoms with E-state index in [9.17, 15) is 39.6 Å². The monoisotopic (exact) mass is 562 g/mol.